The van der Waals surface area contributed by atoms with Crippen molar-refractivity contribution in [2.75, 3.05) is 6.61 Å². The molecule has 0 fully saturated rings. The van der Waals surface area contributed by atoms with Crippen molar-refractivity contribution in [1.29, 1.82) is 0 Å². The zero-order valence-electron chi connectivity index (χ0n) is 16.9. The summed E-state index contributed by atoms with van der Waals surface area (Å²) in [5.41, 5.74) is 8.25. The third-order valence-corrected chi connectivity index (χ3v) is 4.51. The van der Waals surface area contributed by atoms with Crippen LogP contribution in [0.25, 0.3) is 0 Å². The molecular weight excluding hydrogens is 443 g/mol. The van der Waals surface area contributed by atoms with Crippen molar-refractivity contribution in [2.24, 2.45) is 16.8 Å². The van der Waals surface area contributed by atoms with E-state index in [1.54, 1.807) is 50.2 Å². The first-order valence-corrected chi connectivity index (χ1v) is 10.0. The minimum absolute atomic E-state index is 0.209. The van der Waals surface area contributed by atoms with Crippen molar-refractivity contribution in [3.05, 3.63) is 63.6 Å². The van der Waals surface area contributed by atoms with Gasteiger partial charge in [-0.3, -0.25) is 14.4 Å². The summed E-state index contributed by atoms with van der Waals surface area (Å²) < 4.78 is 5.30. The summed E-state index contributed by atoms with van der Waals surface area (Å²) in [5.74, 6) is -1.48. The Bertz CT molecular complexity index is 995. The fourth-order valence-corrected chi connectivity index (χ4v) is 2.90. The molecule has 8 nitrogen and oxygen atoms in total. The molecule has 2 aromatic rings. The van der Waals surface area contributed by atoms with Crippen molar-refractivity contribution >= 4 is 47.1 Å². The highest BCUT2D eigenvalue weighted by molar-refractivity contribution is 6.31. The van der Waals surface area contributed by atoms with Crippen LogP contribution in [-0.2, 0) is 9.59 Å². The normalized spacial score (nSPS) is 11.9. The second-order valence-electron chi connectivity index (χ2n) is 6.88. The molecule has 0 bridgehead atoms. The highest BCUT2D eigenvalue weighted by Gasteiger charge is 2.24. The number of nitrogens with one attached hydrogen (secondary N) is 2. The number of carbonyl (C=O) groups is 3. The summed E-state index contributed by atoms with van der Waals surface area (Å²) in [5, 5.41) is 7.42. The van der Waals surface area contributed by atoms with E-state index >= 15 is 0 Å². The van der Waals surface area contributed by atoms with Gasteiger partial charge >= 0.3 is 0 Å². The standard InChI is InChI=1S/C21H22Cl2N4O4/c1-12(2)19(26-20(29)13-4-3-5-15(22)8-13)21(30)27-25-10-14-9-16(23)6-7-17(14)31-11-18(24)28/h3-10,12,19H,11H2,1-2H3,(H2,24,28)(H,26,29)(H,27,30)/b25-10+. The third kappa shape index (κ3) is 7.58. The van der Waals surface area contributed by atoms with Crippen molar-refractivity contribution in [2.45, 2.75) is 19.9 Å². The second-order valence-corrected chi connectivity index (χ2v) is 7.75. The van der Waals surface area contributed by atoms with Crippen molar-refractivity contribution in [3.63, 3.8) is 0 Å². The summed E-state index contributed by atoms with van der Waals surface area (Å²) in [7, 11) is 0. The van der Waals surface area contributed by atoms with E-state index in [0.717, 1.165) is 0 Å². The lowest BCUT2D eigenvalue weighted by Crippen LogP contribution is -2.48. The van der Waals surface area contributed by atoms with Gasteiger partial charge in [-0.1, -0.05) is 43.1 Å². The second kappa shape index (κ2) is 11.3. The van der Waals surface area contributed by atoms with Gasteiger partial charge < -0.3 is 15.8 Å². The Morgan fingerprint density at radius 1 is 1.13 bits per heavy atom. The van der Waals surface area contributed by atoms with Gasteiger partial charge in [-0.2, -0.15) is 5.10 Å². The van der Waals surface area contributed by atoms with E-state index in [1.807, 2.05) is 0 Å². The molecule has 0 heterocycles. The van der Waals surface area contributed by atoms with Gasteiger partial charge in [0.15, 0.2) is 6.61 Å². The number of nitrogens with zero attached hydrogens (tertiary/aromatic N) is 1. The van der Waals surface area contributed by atoms with E-state index < -0.39 is 23.8 Å². The van der Waals surface area contributed by atoms with Crippen LogP contribution in [0, 0.1) is 5.92 Å². The number of amides is 3. The number of halogens is 2. The van der Waals surface area contributed by atoms with Crippen LogP contribution < -0.4 is 21.2 Å². The Kier molecular flexibility index (Phi) is 8.84. The SMILES string of the molecule is CC(C)C(NC(=O)c1cccc(Cl)c1)C(=O)N/N=C/c1cc(Cl)ccc1OCC(N)=O. The molecule has 4 N–H and O–H groups in total. The maximum atomic E-state index is 12.6. The largest absolute Gasteiger partial charge is 0.483 e. The number of carbonyl (C=O) groups excluding carboxylic acids is 3. The molecule has 0 radical (unpaired) electrons. The van der Waals surface area contributed by atoms with Gasteiger partial charge in [-0.25, -0.2) is 5.43 Å². The van der Waals surface area contributed by atoms with Crippen LogP contribution in [0.15, 0.2) is 47.6 Å². The Labute approximate surface area is 189 Å². The molecule has 1 unspecified atom stereocenters. The topological polar surface area (TPSA) is 123 Å². The molecule has 2 rings (SSSR count). The number of hydrazone groups is 1. The van der Waals surface area contributed by atoms with Gasteiger partial charge in [0.05, 0.1) is 6.21 Å². The lowest BCUT2D eigenvalue weighted by atomic mass is 10.0. The predicted octanol–water partition coefficient (Wildman–Crippen LogP) is 2.76. The molecule has 2 aromatic carbocycles. The lowest BCUT2D eigenvalue weighted by molar-refractivity contribution is -0.124. The first-order chi connectivity index (χ1) is 14.7. The van der Waals surface area contributed by atoms with E-state index in [1.165, 1.54) is 12.3 Å². The number of benzene rings is 2. The van der Waals surface area contributed by atoms with Crippen LogP contribution in [0.3, 0.4) is 0 Å². The first-order valence-electron chi connectivity index (χ1n) is 9.27. The number of primary amides is 1. The maximum absolute atomic E-state index is 12.6. The number of hydrogen-bond acceptors (Lipinski definition) is 5. The Morgan fingerprint density at radius 3 is 2.48 bits per heavy atom. The highest BCUT2D eigenvalue weighted by atomic mass is 35.5. The van der Waals surface area contributed by atoms with E-state index in [-0.39, 0.29) is 12.5 Å². The van der Waals surface area contributed by atoms with Gasteiger partial charge in [0.25, 0.3) is 17.7 Å². The molecule has 0 aliphatic heterocycles. The predicted molar refractivity (Wildman–Crippen MR) is 119 cm³/mol. The van der Waals surface area contributed by atoms with E-state index in [9.17, 15) is 14.4 Å². The van der Waals surface area contributed by atoms with Crippen LogP contribution >= 0.6 is 23.2 Å². The number of rotatable bonds is 9. The van der Waals surface area contributed by atoms with Crippen molar-refractivity contribution < 1.29 is 19.1 Å². The molecule has 0 aliphatic carbocycles. The first kappa shape index (κ1) is 24.2. The molecule has 1 atom stereocenters. The van der Waals surface area contributed by atoms with E-state index in [0.29, 0.717) is 26.9 Å². The molecule has 0 aliphatic rings. The molecule has 0 aromatic heterocycles. The van der Waals surface area contributed by atoms with Crippen LogP contribution in [0.2, 0.25) is 10.0 Å². The summed E-state index contributed by atoms with van der Waals surface area (Å²) >= 11 is 11.9. The summed E-state index contributed by atoms with van der Waals surface area (Å²) in [6.07, 6.45) is 1.32. The lowest BCUT2D eigenvalue weighted by Gasteiger charge is -2.20. The average Bonchev–Trinajstić information content (AvgIpc) is 2.70. The Morgan fingerprint density at radius 2 is 1.84 bits per heavy atom. The van der Waals surface area contributed by atoms with Crippen LogP contribution in [0.4, 0.5) is 0 Å². The average molecular weight is 465 g/mol. The minimum Gasteiger partial charge on any atom is -0.483 e. The molecule has 164 valence electrons. The molecule has 0 saturated heterocycles. The third-order valence-electron chi connectivity index (χ3n) is 4.04. The van der Waals surface area contributed by atoms with Gasteiger partial charge in [-0.05, 0) is 42.3 Å². The zero-order chi connectivity index (χ0) is 23.0. The van der Waals surface area contributed by atoms with Gasteiger partial charge in [-0.15, -0.1) is 0 Å². The molecule has 0 spiro atoms. The van der Waals surface area contributed by atoms with Crippen LogP contribution in [0.1, 0.15) is 29.8 Å². The molecule has 10 heteroatoms. The summed E-state index contributed by atoms with van der Waals surface area (Å²) in [4.78, 5) is 36.0. The van der Waals surface area contributed by atoms with E-state index in [2.05, 4.69) is 15.8 Å². The quantitative estimate of drug-likeness (QED) is 0.389. The maximum Gasteiger partial charge on any atom is 0.262 e. The fraction of sp³-hybridized carbons (Fsp3) is 0.238. The number of hydrogen-bond donors (Lipinski definition) is 3. The van der Waals surface area contributed by atoms with Crippen molar-refractivity contribution in [1.82, 2.24) is 10.7 Å². The fourth-order valence-electron chi connectivity index (χ4n) is 2.52. The van der Waals surface area contributed by atoms with Gasteiger partial charge in [0, 0.05) is 21.2 Å². The van der Waals surface area contributed by atoms with Crippen LogP contribution in [0.5, 0.6) is 5.75 Å². The summed E-state index contributed by atoms with van der Waals surface area (Å²) in [6.45, 7) is 3.26. The number of nitrogens with two attached hydrogens (primary N) is 1. The molecular formula is C21H22Cl2N4O4. The zero-order valence-corrected chi connectivity index (χ0v) is 18.4. The van der Waals surface area contributed by atoms with Crippen molar-refractivity contribution in [3.8, 4) is 5.75 Å². The van der Waals surface area contributed by atoms with E-state index in [4.69, 9.17) is 33.7 Å². The molecule has 0 saturated carbocycles. The smallest absolute Gasteiger partial charge is 0.262 e. The van der Waals surface area contributed by atoms with Gasteiger partial charge in [0.1, 0.15) is 11.8 Å². The van der Waals surface area contributed by atoms with Gasteiger partial charge in [0.2, 0.25) is 0 Å². The Balaban J connectivity index is 2.08. The van der Waals surface area contributed by atoms with Crippen LogP contribution in [-0.4, -0.2) is 36.6 Å². The minimum atomic E-state index is -0.839. The number of ether oxygens (including phenoxy) is 1. The monoisotopic (exact) mass is 464 g/mol. The molecule has 31 heavy (non-hydrogen) atoms. The Hall–Kier alpha value is -3.10. The summed E-state index contributed by atoms with van der Waals surface area (Å²) in [6, 6.07) is 10.2. The highest BCUT2D eigenvalue weighted by Crippen LogP contribution is 2.21. The molecule has 3 amide bonds.